The van der Waals surface area contributed by atoms with Crippen LogP contribution >= 0.6 is 0 Å². The lowest BCUT2D eigenvalue weighted by molar-refractivity contribution is 0.628. The first-order chi connectivity index (χ1) is 11.8. The lowest BCUT2D eigenvalue weighted by Gasteiger charge is -2.17. The van der Waals surface area contributed by atoms with E-state index in [9.17, 15) is 0 Å². The van der Waals surface area contributed by atoms with E-state index in [1.54, 1.807) is 0 Å². The van der Waals surface area contributed by atoms with E-state index < -0.39 is 0 Å². The Balaban J connectivity index is 1.49. The normalized spacial score (nSPS) is 15.0. The Morgan fingerprint density at radius 1 is 1.25 bits per heavy atom. The molecule has 0 saturated heterocycles. The van der Waals surface area contributed by atoms with Gasteiger partial charge in [-0.05, 0) is 18.4 Å². The van der Waals surface area contributed by atoms with Gasteiger partial charge in [-0.2, -0.15) is 0 Å². The quantitative estimate of drug-likeness (QED) is 0.487. The Morgan fingerprint density at radius 2 is 2.04 bits per heavy atom. The number of hydrogen-bond acceptors (Lipinski definition) is 2. The zero-order chi connectivity index (χ0) is 16.6. The first kappa shape index (κ1) is 16.3. The number of nitrogens with one attached hydrogen (secondary N) is 2. The second-order valence-electron chi connectivity index (χ2n) is 5.99. The second kappa shape index (κ2) is 8.34. The summed E-state index contributed by atoms with van der Waals surface area (Å²) in [6.07, 6.45) is 11.3. The third-order valence-electron chi connectivity index (χ3n) is 4.21. The van der Waals surface area contributed by atoms with Crippen molar-refractivity contribution in [1.29, 1.82) is 0 Å². The zero-order valence-electron chi connectivity index (χ0n) is 14.2. The molecule has 0 unspecified atom stereocenters. The lowest BCUT2D eigenvalue weighted by atomic mass is 10.2. The average molecular weight is 323 g/mol. The first-order valence-corrected chi connectivity index (χ1v) is 8.51. The summed E-state index contributed by atoms with van der Waals surface area (Å²) in [7, 11) is 1.81. The summed E-state index contributed by atoms with van der Waals surface area (Å²) in [6, 6.07) is 10.9. The molecule has 0 spiro atoms. The van der Waals surface area contributed by atoms with Crippen molar-refractivity contribution in [3.8, 4) is 0 Å². The van der Waals surface area contributed by atoms with Gasteiger partial charge in [-0.15, -0.1) is 0 Å². The van der Waals surface area contributed by atoms with E-state index >= 15 is 0 Å². The van der Waals surface area contributed by atoms with Crippen LogP contribution in [0.3, 0.4) is 0 Å². The Labute approximate surface area is 143 Å². The molecule has 24 heavy (non-hydrogen) atoms. The topological polar surface area (TPSA) is 54.2 Å². The lowest BCUT2D eigenvalue weighted by Crippen LogP contribution is -2.43. The molecule has 5 nitrogen and oxygen atoms in total. The number of rotatable bonds is 6. The van der Waals surface area contributed by atoms with Gasteiger partial charge in [0.2, 0.25) is 0 Å². The largest absolute Gasteiger partial charge is 0.356 e. The van der Waals surface area contributed by atoms with Crippen molar-refractivity contribution in [2.45, 2.75) is 31.8 Å². The standard InChI is InChI=1S/C19H25N5/c1-20-19(23-17-9-5-6-10-17)22-12-11-18-21-13-14-24(18)15-16-7-3-2-4-8-16/h2-8,13-14,17H,9-12,15H2,1H3,(H2,20,22,23). The van der Waals surface area contributed by atoms with Crippen molar-refractivity contribution in [2.75, 3.05) is 13.6 Å². The average Bonchev–Trinajstić information content (AvgIpc) is 3.27. The Hall–Kier alpha value is -2.56. The number of nitrogens with zero attached hydrogens (tertiary/aromatic N) is 3. The number of aromatic nitrogens is 2. The molecule has 0 saturated carbocycles. The van der Waals surface area contributed by atoms with Crippen LogP contribution in [-0.4, -0.2) is 35.1 Å². The molecular weight excluding hydrogens is 298 g/mol. The third-order valence-corrected chi connectivity index (χ3v) is 4.21. The van der Waals surface area contributed by atoms with Crippen LogP contribution in [0.25, 0.3) is 0 Å². The molecule has 0 bridgehead atoms. The van der Waals surface area contributed by atoms with Crippen molar-refractivity contribution in [3.05, 3.63) is 66.3 Å². The van der Waals surface area contributed by atoms with Crippen LogP contribution < -0.4 is 10.6 Å². The maximum Gasteiger partial charge on any atom is 0.191 e. The molecule has 2 N–H and O–H groups in total. The fourth-order valence-electron chi connectivity index (χ4n) is 2.91. The minimum atomic E-state index is 0.469. The minimum Gasteiger partial charge on any atom is -0.356 e. The summed E-state index contributed by atoms with van der Waals surface area (Å²) in [6.45, 7) is 1.67. The fourth-order valence-corrected chi connectivity index (χ4v) is 2.91. The van der Waals surface area contributed by atoms with Gasteiger partial charge in [-0.3, -0.25) is 4.99 Å². The maximum atomic E-state index is 4.49. The van der Waals surface area contributed by atoms with Crippen molar-refractivity contribution in [2.24, 2.45) is 4.99 Å². The summed E-state index contributed by atoms with van der Waals surface area (Å²) >= 11 is 0. The van der Waals surface area contributed by atoms with E-state index in [1.165, 1.54) is 5.56 Å². The molecule has 1 heterocycles. The van der Waals surface area contributed by atoms with Crippen molar-refractivity contribution in [3.63, 3.8) is 0 Å². The van der Waals surface area contributed by atoms with E-state index in [0.717, 1.165) is 44.1 Å². The van der Waals surface area contributed by atoms with Crippen molar-refractivity contribution >= 4 is 5.96 Å². The number of aliphatic imine (C=N–C) groups is 1. The van der Waals surface area contributed by atoms with Crippen LogP contribution in [0.1, 0.15) is 24.2 Å². The highest BCUT2D eigenvalue weighted by Gasteiger charge is 2.11. The van der Waals surface area contributed by atoms with E-state index in [-0.39, 0.29) is 0 Å². The van der Waals surface area contributed by atoms with E-state index in [4.69, 9.17) is 0 Å². The molecule has 0 atom stereocenters. The van der Waals surface area contributed by atoms with Gasteiger partial charge in [0, 0.05) is 45.0 Å². The second-order valence-corrected chi connectivity index (χ2v) is 5.99. The Bertz CT molecular complexity index is 679. The summed E-state index contributed by atoms with van der Waals surface area (Å²) in [5.74, 6) is 1.95. The fraction of sp³-hybridized carbons (Fsp3) is 0.368. The number of guanidine groups is 1. The van der Waals surface area contributed by atoms with E-state index in [2.05, 4.69) is 61.6 Å². The van der Waals surface area contributed by atoms with Crippen molar-refractivity contribution < 1.29 is 0 Å². The van der Waals surface area contributed by atoms with Crippen LogP contribution in [0.2, 0.25) is 0 Å². The molecule has 126 valence electrons. The highest BCUT2D eigenvalue weighted by atomic mass is 15.2. The van der Waals surface area contributed by atoms with Gasteiger partial charge in [-0.1, -0.05) is 42.5 Å². The maximum absolute atomic E-state index is 4.49. The van der Waals surface area contributed by atoms with Gasteiger partial charge in [0.25, 0.3) is 0 Å². The zero-order valence-corrected chi connectivity index (χ0v) is 14.2. The SMILES string of the molecule is CN=C(NCCc1nccn1Cc1ccccc1)NC1CC=CC1. The number of benzene rings is 1. The van der Waals surface area contributed by atoms with Gasteiger partial charge in [0.15, 0.2) is 5.96 Å². The number of imidazole rings is 1. The predicted octanol–water partition coefficient (Wildman–Crippen LogP) is 2.36. The monoisotopic (exact) mass is 323 g/mol. The summed E-state index contributed by atoms with van der Waals surface area (Å²) in [5.41, 5.74) is 1.29. The molecule has 1 aliphatic carbocycles. The molecule has 1 aliphatic rings. The molecule has 0 fully saturated rings. The van der Waals surface area contributed by atoms with Gasteiger partial charge in [0.1, 0.15) is 5.82 Å². The van der Waals surface area contributed by atoms with Crippen LogP contribution in [0.15, 0.2) is 59.9 Å². The minimum absolute atomic E-state index is 0.469. The molecule has 1 aromatic heterocycles. The molecule has 5 heteroatoms. The van der Waals surface area contributed by atoms with Crippen LogP contribution in [-0.2, 0) is 13.0 Å². The van der Waals surface area contributed by atoms with Crippen LogP contribution in [0.4, 0.5) is 0 Å². The van der Waals surface area contributed by atoms with E-state index in [1.807, 2.05) is 25.5 Å². The van der Waals surface area contributed by atoms with E-state index in [0.29, 0.717) is 6.04 Å². The first-order valence-electron chi connectivity index (χ1n) is 8.51. The smallest absolute Gasteiger partial charge is 0.191 e. The van der Waals surface area contributed by atoms with Crippen LogP contribution in [0.5, 0.6) is 0 Å². The van der Waals surface area contributed by atoms with Gasteiger partial charge >= 0.3 is 0 Å². The van der Waals surface area contributed by atoms with Gasteiger partial charge in [0.05, 0.1) is 0 Å². The van der Waals surface area contributed by atoms with Crippen LogP contribution in [0, 0.1) is 0 Å². The Kier molecular flexibility index (Phi) is 5.66. The molecule has 0 aliphatic heterocycles. The third kappa shape index (κ3) is 4.47. The van der Waals surface area contributed by atoms with Crippen molar-refractivity contribution in [1.82, 2.24) is 20.2 Å². The summed E-state index contributed by atoms with van der Waals surface area (Å²) < 4.78 is 2.20. The molecule has 0 radical (unpaired) electrons. The highest BCUT2D eigenvalue weighted by Crippen LogP contribution is 2.09. The molecule has 1 aromatic carbocycles. The molecule has 2 aromatic rings. The number of hydrogen-bond donors (Lipinski definition) is 2. The summed E-state index contributed by atoms with van der Waals surface area (Å²) in [5, 5.41) is 6.83. The van der Waals surface area contributed by atoms with Gasteiger partial charge in [-0.25, -0.2) is 4.98 Å². The highest BCUT2D eigenvalue weighted by molar-refractivity contribution is 5.80. The molecule has 0 amide bonds. The summed E-state index contributed by atoms with van der Waals surface area (Å²) in [4.78, 5) is 8.79. The molecular formula is C19H25N5. The van der Waals surface area contributed by atoms with Gasteiger partial charge < -0.3 is 15.2 Å². The molecule has 3 rings (SSSR count). The Morgan fingerprint density at radius 3 is 2.79 bits per heavy atom. The predicted molar refractivity (Wildman–Crippen MR) is 98.1 cm³/mol.